The first-order chi connectivity index (χ1) is 20.2. The molecular weight excluding hydrogens is 583 g/mol. The first-order valence-electron chi connectivity index (χ1n) is 14.3. The number of ether oxygens (including phenoxy) is 1. The number of nitrogens with zero attached hydrogens (tertiary/aromatic N) is 4. The number of carbonyl (C=O) groups is 1. The van der Waals surface area contributed by atoms with Gasteiger partial charge in [0.15, 0.2) is 11.6 Å². The molecule has 13 heteroatoms. The number of carboxylic acids is 1. The lowest BCUT2D eigenvalue weighted by molar-refractivity contribution is 0.0694. The van der Waals surface area contributed by atoms with E-state index in [1.165, 1.54) is 13.3 Å². The molecule has 3 aliphatic rings. The number of benzene rings is 1. The summed E-state index contributed by atoms with van der Waals surface area (Å²) in [6.07, 6.45) is 4.83. The molecule has 1 saturated carbocycles. The summed E-state index contributed by atoms with van der Waals surface area (Å²) in [6, 6.07) is 1.17. The van der Waals surface area contributed by atoms with Crippen molar-refractivity contribution in [3.05, 3.63) is 56.4 Å². The lowest BCUT2D eigenvalue weighted by Crippen LogP contribution is -2.45. The van der Waals surface area contributed by atoms with Gasteiger partial charge in [-0.05, 0) is 56.7 Å². The Morgan fingerprint density at radius 1 is 1.16 bits per heavy atom. The molecule has 0 unspecified atom stereocenters. The molecule has 3 fully saturated rings. The quantitative estimate of drug-likeness (QED) is 0.297. The van der Waals surface area contributed by atoms with Gasteiger partial charge < -0.3 is 34.6 Å². The Labute approximate surface area is 253 Å². The van der Waals surface area contributed by atoms with Gasteiger partial charge in [0.1, 0.15) is 17.0 Å². The maximum absolute atomic E-state index is 16.0. The molecule has 232 valence electrons. The Morgan fingerprint density at radius 2 is 1.91 bits per heavy atom. The Morgan fingerprint density at radius 3 is 2.53 bits per heavy atom. The van der Waals surface area contributed by atoms with Crippen molar-refractivity contribution in [3.8, 4) is 11.5 Å². The lowest BCUT2D eigenvalue weighted by Gasteiger charge is -2.37. The normalized spacial score (nSPS) is 20.3. The number of aryl methyl sites for hydroxylation is 1. The van der Waals surface area contributed by atoms with E-state index in [2.05, 4.69) is 9.88 Å². The largest absolute Gasteiger partial charge is 0.506 e. The van der Waals surface area contributed by atoms with Crippen LogP contribution in [0.1, 0.15) is 64.6 Å². The van der Waals surface area contributed by atoms with Gasteiger partial charge in [0, 0.05) is 43.5 Å². The fraction of sp³-hybridized carbons (Fsp3) is 0.500. The molecule has 0 spiro atoms. The van der Waals surface area contributed by atoms with Crippen LogP contribution in [0.2, 0.25) is 0 Å². The molecule has 2 saturated heterocycles. The van der Waals surface area contributed by atoms with Crippen molar-refractivity contribution in [1.29, 1.82) is 0 Å². The number of halogens is 2. The predicted molar refractivity (Wildman–Crippen MR) is 159 cm³/mol. The van der Waals surface area contributed by atoms with E-state index in [1.54, 1.807) is 11.5 Å². The smallest absolute Gasteiger partial charge is 0.341 e. The molecule has 1 aromatic carbocycles. The number of aromatic carboxylic acids is 1. The molecule has 11 nitrogen and oxygen atoms in total. The van der Waals surface area contributed by atoms with Gasteiger partial charge in [-0.1, -0.05) is 0 Å². The zero-order valence-corrected chi connectivity index (χ0v) is 24.9. The highest BCUT2D eigenvalue weighted by Gasteiger charge is 2.42. The number of aromatic nitrogens is 2. The maximum Gasteiger partial charge on any atom is 0.341 e. The number of rotatable bonds is 8. The minimum Gasteiger partial charge on any atom is -0.506 e. The number of fused-ring (bicyclic) bond motifs is 2. The third-order valence-electron chi connectivity index (χ3n) is 9.10. The van der Waals surface area contributed by atoms with Crippen LogP contribution in [-0.4, -0.2) is 73.6 Å². The topological polar surface area (TPSA) is 149 Å². The number of aliphatic hydroxyl groups is 2. The summed E-state index contributed by atoms with van der Waals surface area (Å²) < 4.78 is 23.5. The molecule has 6 rings (SSSR count). The van der Waals surface area contributed by atoms with Crippen molar-refractivity contribution in [2.75, 3.05) is 31.6 Å². The molecule has 4 heterocycles. The number of hydrogen-bond acceptors (Lipinski definition) is 9. The standard InChI is InChI=1S/C30H35FN4O7.ClH/c1-15-27(38)21(13-36)19(23(14-37)32-15)10-33-7-3-4-16-9-34(12-24(16)33)26-22(31)8-18-25(29(26)42-2)35(17-5-6-17)11-20(28(18)39)30(40)41;/h8,11,16-17,24,36-38H,3-7,9-10,12-14H2,1-2H3,(H,40,41);1H/t16-,24+;/m0./s1. The average molecular weight is 619 g/mol. The van der Waals surface area contributed by atoms with Gasteiger partial charge in [0.25, 0.3) is 0 Å². The fourth-order valence-electron chi connectivity index (χ4n) is 6.93. The minimum atomic E-state index is -1.35. The van der Waals surface area contributed by atoms with Crippen LogP contribution in [0.25, 0.3) is 10.9 Å². The molecule has 43 heavy (non-hydrogen) atoms. The number of aliphatic hydroxyl groups excluding tert-OH is 2. The van der Waals surface area contributed by atoms with Crippen LogP contribution >= 0.6 is 12.4 Å². The highest BCUT2D eigenvalue weighted by Crippen LogP contribution is 2.46. The zero-order valence-electron chi connectivity index (χ0n) is 24.0. The fourth-order valence-corrected chi connectivity index (χ4v) is 6.93. The number of carboxylic acid groups (broad SMARTS) is 1. The highest BCUT2D eigenvalue weighted by molar-refractivity contribution is 5.97. The van der Waals surface area contributed by atoms with Crippen molar-refractivity contribution in [3.63, 3.8) is 0 Å². The summed E-state index contributed by atoms with van der Waals surface area (Å²) in [6.45, 7) is 3.03. The number of aromatic hydroxyl groups is 1. The second-order valence-electron chi connectivity index (χ2n) is 11.6. The molecule has 2 atom stereocenters. The van der Waals surface area contributed by atoms with Crippen LogP contribution in [0.4, 0.5) is 10.1 Å². The van der Waals surface area contributed by atoms with E-state index in [0.717, 1.165) is 38.3 Å². The van der Waals surface area contributed by atoms with Gasteiger partial charge in [-0.2, -0.15) is 0 Å². The third-order valence-corrected chi connectivity index (χ3v) is 9.10. The first-order valence-corrected chi connectivity index (χ1v) is 14.3. The Balaban J connectivity index is 0.00000368. The molecule has 0 amide bonds. The number of pyridine rings is 2. The van der Waals surface area contributed by atoms with Gasteiger partial charge in [-0.25, -0.2) is 9.18 Å². The summed E-state index contributed by atoms with van der Waals surface area (Å²) >= 11 is 0. The van der Waals surface area contributed by atoms with E-state index in [9.17, 15) is 30.0 Å². The Hall–Kier alpha value is -3.45. The number of hydrogen-bond donors (Lipinski definition) is 4. The molecule has 3 aromatic rings. The van der Waals surface area contributed by atoms with Gasteiger partial charge >= 0.3 is 5.97 Å². The van der Waals surface area contributed by atoms with Crippen LogP contribution in [0.5, 0.6) is 11.5 Å². The van der Waals surface area contributed by atoms with Crippen LogP contribution in [-0.2, 0) is 19.8 Å². The van der Waals surface area contributed by atoms with Crippen LogP contribution in [0, 0.1) is 18.7 Å². The Kier molecular flexibility index (Phi) is 8.59. The van der Waals surface area contributed by atoms with Crippen LogP contribution in [0.3, 0.4) is 0 Å². The van der Waals surface area contributed by atoms with Gasteiger partial charge in [-0.3, -0.25) is 14.7 Å². The second-order valence-corrected chi connectivity index (χ2v) is 11.6. The molecule has 2 aromatic heterocycles. The Bertz CT molecular complexity index is 1640. The number of anilines is 1. The summed E-state index contributed by atoms with van der Waals surface area (Å²) in [7, 11) is 1.43. The van der Waals surface area contributed by atoms with E-state index in [-0.39, 0.29) is 59.6 Å². The van der Waals surface area contributed by atoms with Crippen molar-refractivity contribution in [2.24, 2.45) is 5.92 Å². The van der Waals surface area contributed by atoms with E-state index in [1.807, 2.05) is 4.90 Å². The van der Waals surface area contributed by atoms with Gasteiger partial charge in [-0.15, -0.1) is 12.4 Å². The van der Waals surface area contributed by atoms with E-state index in [0.29, 0.717) is 47.7 Å². The maximum atomic E-state index is 16.0. The van der Waals surface area contributed by atoms with E-state index in [4.69, 9.17) is 4.74 Å². The number of methoxy groups -OCH3 is 1. The molecule has 2 aliphatic heterocycles. The predicted octanol–water partition coefficient (Wildman–Crippen LogP) is 3.10. The third kappa shape index (κ3) is 5.20. The molecular formula is C30H36ClFN4O7. The molecule has 1 aliphatic carbocycles. The molecule has 0 bridgehead atoms. The van der Waals surface area contributed by atoms with Gasteiger partial charge in [0.2, 0.25) is 5.43 Å². The first kappa shape index (κ1) is 31.0. The van der Waals surface area contributed by atoms with Crippen molar-refractivity contribution >= 4 is 35.0 Å². The van der Waals surface area contributed by atoms with Crippen LogP contribution < -0.4 is 15.1 Å². The second kappa shape index (κ2) is 11.9. The van der Waals surface area contributed by atoms with Crippen molar-refractivity contribution < 1.29 is 34.3 Å². The minimum absolute atomic E-state index is 0. The molecule has 0 radical (unpaired) electrons. The summed E-state index contributed by atoms with van der Waals surface area (Å²) in [5.41, 5.74) is 1.21. The van der Waals surface area contributed by atoms with Crippen molar-refractivity contribution in [2.45, 2.75) is 64.4 Å². The summed E-state index contributed by atoms with van der Waals surface area (Å²) in [4.78, 5) is 33.4. The number of piperidine rings is 1. The van der Waals surface area contributed by atoms with E-state index >= 15 is 4.39 Å². The zero-order chi connectivity index (χ0) is 29.9. The van der Waals surface area contributed by atoms with Crippen molar-refractivity contribution in [1.82, 2.24) is 14.5 Å². The summed E-state index contributed by atoms with van der Waals surface area (Å²) in [5, 5.41) is 40.2. The summed E-state index contributed by atoms with van der Waals surface area (Å²) in [5.74, 6) is -1.67. The molecule has 4 N–H and O–H groups in total. The van der Waals surface area contributed by atoms with Crippen LogP contribution in [0.15, 0.2) is 17.1 Å². The highest BCUT2D eigenvalue weighted by atomic mass is 35.5. The van der Waals surface area contributed by atoms with E-state index < -0.39 is 29.4 Å². The SMILES string of the molecule is COc1c(N2C[C@@H]3CCCN(Cc4c(CO)nc(C)c(O)c4CO)[C@@H]3C2)c(F)cc2c(=O)c(C(=O)O)cn(C3CC3)c12.Cl. The monoisotopic (exact) mass is 618 g/mol. The number of likely N-dealkylation sites (tertiary alicyclic amines) is 1. The lowest BCUT2D eigenvalue weighted by atomic mass is 9.91. The average Bonchev–Trinajstić information content (AvgIpc) is 3.72. The van der Waals surface area contributed by atoms with Gasteiger partial charge in [0.05, 0.1) is 42.6 Å².